The average Bonchev–Trinajstić information content (AvgIpc) is 2.73. The van der Waals surface area contributed by atoms with Crippen molar-refractivity contribution in [1.82, 2.24) is 0 Å². The van der Waals surface area contributed by atoms with Gasteiger partial charge in [0.2, 0.25) is 0 Å². The summed E-state index contributed by atoms with van der Waals surface area (Å²) in [7, 11) is -0.848. The first-order valence-electron chi connectivity index (χ1n) is 8.61. The number of ether oxygens (including phenoxy) is 1. The summed E-state index contributed by atoms with van der Waals surface area (Å²) in [5, 5.41) is 3.24. The van der Waals surface area contributed by atoms with Crippen molar-refractivity contribution in [2.45, 2.75) is 4.90 Å². The van der Waals surface area contributed by atoms with Crippen molar-refractivity contribution in [3.05, 3.63) is 83.4 Å². The molecule has 0 spiro atoms. The maximum Gasteiger partial charge on any atom is 0.264 e. The number of rotatable bonds is 6. The first-order valence-corrected chi connectivity index (χ1v) is 10.4. The summed E-state index contributed by atoms with van der Waals surface area (Å²) in [5.41, 5.74) is 1.23. The van der Waals surface area contributed by atoms with Gasteiger partial charge in [-0.15, -0.1) is 0 Å². The zero-order chi connectivity index (χ0) is 21.0. The molecule has 3 rings (SSSR count). The van der Waals surface area contributed by atoms with Crippen molar-refractivity contribution in [1.29, 1.82) is 0 Å². The highest BCUT2D eigenvalue weighted by molar-refractivity contribution is 7.92. The van der Waals surface area contributed by atoms with Crippen molar-refractivity contribution < 1.29 is 17.9 Å². The lowest BCUT2D eigenvalue weighted by atomic mass is 10.2. The van der Waals surface area contributed by atoms with E-state index in [2.05, 4.69) is 5.32 Å². The predicted octanol–water partition coefficient (Wildman–Crippen LogP) is 4.43. The van der Waals surface area contributed by atoms with E-state index >= 15 is 0 Å². The van der Waals surface area contributed by atoms with E-state index in [9.17, 15) is 13.2 Å². The Morgan fingerprint density at radius 1 is 1.00 bits per heavy atom. The molecule has 0 aliphatic rings. The highest BCUT2D eigenvalue weighted by atomic mass is 35.5. The molecular weight excluding hydrogens is 412 g/mol. The lowest BCUT2D eigenvalue weighted by molar-refractivity contribution is 0.102. The third-order valence-electron chi connectivity index (χ3n) is 4.27. The van der Waals surface area contributed by atoms with Crippen LogP contribution in [0.5, 0.6) is 5.75 Å². The lowest BCUT2D eigenvalue weighted by Crippen LogP contribution is -2.26. The number of halogens is 1. The maximum absolute atomic E-state index is 12.9. The quantitative estimate of drug-likeness (QED) is 0.627. The number of sulfonamides is 1. The normalized spacial score (nSPS) is 11.0. The van der Waals surface area contributed by atoms with Gasteiger partial charge in [-0.25, -0.2) is 8.42 Å². The van der Waals surface area contributed by atoms with E-state index < -0.39 is 10.0 Å². The molecule has 0 aliphatic carbocycles. The van der Waals surface area contributed by atoms with Crippen LogP contribution in [-0.2, 0) is 10.0 Å². The Bertz CT molecular complexity index is 1130. The number of nitrogens with one attached hydrogen (secondary N) is 1. The third-order valence-corrected chi connectivity index (χ3v) is 6.31. The SMILES string of the molecule is COc1ccc(S(=O)(=O)N(C)c2cccc(C(=O)Nc3cccc(Cl)c3)c2)cc1. The fourth-order valence-corrected chi connectivity index (χ4v) is 4.03. The van der Waals surface area contributed by atoms with Crippen molar-refractivity contribution in [3.63, 3.8) is 0 Å². The van der Waals surface area contributed by atoms with Crippen LogP contribution in [0.2, 0.25) is 5.02 Å². The molecule has 8 heteroatoms. The smallest absolute Gasteiger partial charge is 0.264 e. The zero-order valence-electron chi connectivity index (χ0n) is 15.8. The van der Waals surface area contributed by atoms with Crippen LogP contribution in [0.25, 0.3) is 0 Å². The van der Waals surface area contributed by atoms with E-state index in [1.807, 2.05) is 0 Å². The summed E-state index contributed by atoms with van der Waals surface area (Å²) < 4.78 is 32.0. The molecule has 6 nitrogen and oxygen atoms in total. The van der Waals surface area contributed by atoms with Crippen LogP contribution in [-0.4, -0.2) is 28.5 Å². The highest BCUT2D eigenvalue weighted by Crippen LogP contribution is 2.25. The number of amides is 1. The number of carbonyl (C=O) groups is 1. The first kappa shape index (κ1) is 20.7. The van der Waals surface area contributed by atoms with Crippen LogP contribution in [0.4, 0.5) is 11.4 Å². The van der Waals surface area contributed by atoms with E-state index in [1.165, 1.54) is 32.4 Å². The molecule has 150 valence electrons. The molecule has 0 radical (unpaired) electrons. The summed E-state index contributed by atoms with van der Waals surface area (Å²) in [6.45, 7) is 0. The molecule has 0 bridgehead atoms. The standard InChI is InChI=1S/C21H19ClN2O4S/c1-24(29(26,27)20-11-9-19(28-2)10-12-20)18-8-3-5-15(13-18)21(25)23-17-7-4-6-16(22)14-17/h3-14H,1-2H3,(H,23,25). The summed E-state index contributed by atoms with van der Waals surface area (Å²) in [5.74, 6) is 0.190. The Morgan fingerprint density at radius 2 is 1.69 bits per heavy atom. The minimum absolute atomic E-state index is 0.120. The van der Waals surface area contributed by atoms with Gasteiger partial charge >= 0.3 is 0 Å². The van der Waals surface area contributed by atoms with E-state index in [4.69, 9.17) is 16.3 Å². The number of nitrogens with zero attached hydrogens (tertiary/aromatic N) is 1. The Morgan fingerprint density at radius 3 is 2.34 bits per heavy atom. The zero-order valence-corrected chi connectivity index (χ0v) is 17.4. The minimum atomic E-state index is -3.80. The first-order chi connectivity index (χ1) is 13.8. The average molecular weight is 431 g/mol. The Hall–Kier alpha value is -3.03. The van der Waals surface area contributed by atoms with Gasteiger partial charge in [0, 0.05) is 23.3 Å². The predicted molar refractivity (Wildman–Crippen MR) is 114 cm³/mol. The minimum Gasteiger partial charge on any atom is -0.497 e. The van der Waals surface area contributed by atoms with Crippen LogP contribution >= 0.6 is 11.6 Å². The molecule has 0 aromatic heterocycles. The van der Waals surface area contributed by atoms with Crippen molar-refractivity contribution in [2.75, 3.05) is 23.8 Å². The number of hydrogen-bond donors (Lipinski definition) is 1. The van der Waals surface area contributed by atoms with Gasteiger partial charge < -0.3 is 10.1 Å². The molecule has 3 aromatic rings. The van der Waals surface area contributed by atoms with Gasteiger partial charge in [0.15, 0.2) is 0 Å². The summed E-state index contributed by atoms with van der Waals surface area (Å²) in [4.78, 5) is 12.7. The van der Waals surface area contributed by atoms with Gasteiger partial charge in [-0.2, -0.15) is 0 Å². The largest absolute Gasteiger partial charge is 0.497 e. The molecule has 3 aromatic carbocycles. The van der Waals surface area contributed by atoms with Crippen LogP contribution in [0.3, 0.4) is 0 Å². The monoisotopic (exact) mass is 430 g/mol. The lowest BCUT2D eigenvalue weighted by Gasteiger charge is -2.20. The van der Waals surface area contributed by atoms with Gasteiger partial charge in [0.05, 0.1) is 17.7 Å². The second-order valence-corrected chi connectivity index (χ2v) is 8.57. The molecule has 0 heterocycles. The van der Waals surface area contributed by atoms with E-state index in [0.717, 1.165) is 4.31 Å². The number of methoxy groups -OCH3 is 1. The van der Waals surface area contributed by atoms with E-state index in [0.29, 0.717) is 27.7 Å². The topological polar surface area (TPSA) is 75.7 Å². The van der Waals surface area contributed by atoms with Gasteiger partial charge in [-0.3, -0.25) is 9.10 Å². The molecule has 0 aliphatic heterocycles. The third kappa shape index (κ3) is 4.70. The second kappa shape index (κ2) is 8.55. The van der Waals surface area contributed by atoms with Crippen LogP contribution < -0.4 is 14.4 Å². The van der Waals surface area contributed by atoms with Crippen LogP contribution in [0.15, 0.2) is 77.7 Å². The van der Waals surface area contributed by atoms with Gasteiger partial charge in [0.25, 0.3) is 15.9 Å². The van der Waals surface area contributed by atoms with E-state index in [-0.39, 0.29) is 10.8 Å². The molecule has 0 fully saturated rings. The highest BCUT2D eigenvalue weighted by Gasteiger charge is 2.22. The van der Waals surface area contributed by atoms with Crippen molar-refractivity contribution in [3.8, 4) is 5.75 Å². The molecule has 0 saturated carbocycles. The molecule has 0 saturated heterocycles. The molecule has 29 heavy (non-hydrogen) atoms. The van der Waals surface area contributed by atoms with Crippen LogP contribution in [0, 0.1) is 0 Å². The van der Waals surface area contributed by atoms with Crippen molar-refractivity contribution in [2.24, 2.45) is 0 Å². The summed E-state index contributed by atoms with van der Waals surface area (Å²) >= 11 is 5.94. The van der Waals surface area contributed by atoms with Gasteiger partial charge in [0.1, 0.15) is 5.75 Å². The number of carbonyl (C=O) groups excluding carboxylic acids is 1. The number of benzene rings is 3. The molecular formula is C21H19ClN2O4S. The van der Waals surface area contributed by atoms with Crippen LogP contribution in [0.1, 0.15) is 10.4 Å². The molecule has 0 atom stereocenters. The number of hydrogen-bond acceptors (Lipinski definition) is 4. The van der Waals surface area contributed by atoms with E-state index in [1.54, 1.807) is 54.6 Å². The fraction of sp³-hybridized carbons (Fsp3) is 0.0952. The molecule has 1 amide bonds. The van der Waals surface area contributed by atoms with Gasteiger partial charge in [-0.1, -0.05) is 23.7 Å². The van der Waals surface area contributed by atoms with Gasteiger partial charge in [-0.05, 0) is 60.7 Å². The number of anilines is 2. The van der Waals surface area contributed by atoms with Crippen molar-refractivity contribution >= 4 is 38.9 Å². The molecule has 1 N–H and O–H groups in total. The second-order valence-electron chi connectivity index (χ2n) is 6.16. The fourth-order valence-electron chi connectivity index (χ4n) is 2.66. The Labute approximate surface area is 174 Å². The summed E-state index contributed by atoms with van der Waals surface area (Å²) in [6.07, 6.45) is 0. The Kier molecular flexibility index (Phi) is 6.10. The summed E-state index contributed by atoms with van der Waals surface area (Å²) in [6, 6.07) is 19.3. The Balaban J connectivity index is 1.84. The maximum atomic E-state index is 12.9. The molecule has 0 unspecified atom stereocenters.